The molecule has 16 heavy (non-hydrogen) atoms. The summed E-state index contributed by atoms with van der Waals surface area (Å²) in [6, 6.07) is 0.279. The maximum absolute atomic E-state index is 11.5. The van der Waals surface area contributed by atoms with Gasteiger partial charge in [-0.2, -0.15) is 0 Å². The number of hydrogen-bond donors (Lipinski definition) is 1. The topological polar surface area (TPSA) is 72.5 Å². The maximum Gasteiger partial charge on any atom is 0.320 e. The molecule has 1 saturated heterocycles. The fourth-order valence-electron chi connectivity index (χ4n) is 1.80. The Hall–Kier alpha value is -0.620. The van der Waals surface area contributed by atoms with Crippen molar-refractivity contribution in [1.29, 1.82) is 0 Å². The molecule has 1 atom stereocenters. The van der Waals surface area contributed by atoms with E-state index in [4.69, 9.17) is 0 Å². The van der Waals surface area contributed by atoms with Crippen molar-refractivity contribution in [3.05, 3.63) is 0 Å². The van der Waals surface area contributed by atoms with Crippen LogP contribution in [-0.4, -0.2) is 45.6 Å². The SMILES string of the molecule is COC(=O)CS(=O)(=O)CC[C@H]1CCCCN1. The van der Waals surface area contributed by atoms with Gasteiger partial charge in [-0.05, 0) is 25.8 Å². The highest BCUT2D eigenvalue weighted by Gasteiger charge is 2.20. The maximum atomic E-state index is 11.5. The third kappa shape index (κ3) is 4.94. The van der Waals surface area contributed by atoms with Gasteiger partial charge in [-0.3, -0.25) is 4.79 Å². The molecule has 0 amide bonds. The molecule has 0 saturated carbocycles. The van der Waals surface area contributed by atoms with Crippen LogP contribution in [0, 0.1) is 0 Å². The summed E-state index contributed by atoms with van der Waals surface area (Å²) in [5.41, 5.74) is 0. The van der Waals surface area contributed by atoms with Crippen LogP contribution < -0.4 is 5.32 Å². The van der Waals surface area contributed by atoms with E-state index in [-0.39, 0.29) is 11.8 Å². The normalized spacial score (nSPS) is 21.7. The highest BCUT2D eigenvalue weighted by atomic mass is 32.2. The first kappa shape index (κ1) is 13.4. The van der Waals surface area contributed by atoms with Gasteiger partial charge in [0.05, 0.1) is 12.9 Å². The van der Waals surface area contributed by atoms with Crippen molar-refractivity contribution in [3.63, 3.8) is 0 Å². The zero-order valence-electron chi connectivity index (χ0n) is 9.57. The molecule has 1 aliphatic rings. The minimum atomic E-state index is -3.31. The summed E-state index contributed by atoms with van der Waals surface area (Å²) in [5.74, 6) is -1.13. The quantitative estimate of drug-likeness (QED) is 0.700. The van der Waals surface area contributed by atoms with E-state index in [9.17, 15) is 13.2 Å². The second kappa shape index (κ2) is 6.20. The average molecular weight is 249 g/mol. The Labute approximate surface area is 96.5 Å². The molecule has 0 aromatic rings. The van der Waals surface area contributed by atoms with Crippen LogP contribution in [0.25, 0.3) is 0 Å². The summed E-state index contributed by atoms with van der Waals surface area (Å²) in [6.07, 6.45) is 3.91. The molecule has 0 radical (unpaired) electrons. The number of methoxy groups -OCH3 is 1. The van der Waals surface area contributed by atoms with Crippen LogP contribution in [0.2, 0.25) is 0 Å². The molecular weight excluding hydrogens is 230 g/mol. The Morgan fingerprint density at radius 2 is 2.19 bits per heavy atom. The lowest BCUT2D eigenvalue weighted by molar-refractivity contribution is -0.137. The Kier molecular flexibility index (Phi) is 5.21. The molecule has 0 spiro atoms. The number of carbonyl (C=O) groups is 1. The first-order valence-electron chi connectivity index (χ1n) is 5.54. The van der Waals surface area contributed by atoms with Crippen LogP contribution in [0.15, 0.2) is 0 Å². The lowest BCUT2D eigenvalue weighted by Gasteiger charge is -2.23. The van der Waals surface area contributed by atoms with E-state index in [1.54, 1.807) is 0 Å². The van der Waals surface area contributed by atoms with Gasteiger partial charge in [-0.15, -0.1) is 0 Å². The lowest BCUT2D eigenvalue weighted by Crippen LogP contribution is -2.36. The van der Waals surface area contributed by atoms with Gasteiger partial charge in [0, 0.05) is 6.04 Å². The van der Waals surface area contributed by atoms with Crippen LogP contribution in [0.3, 0.4) is 0 Å². The predicted octanol–water partition coefficient (Wildman–Crippen LogP) is 0.106. The number of esters is 1. The van der Waals surface area contributed by atoms with Crippen LogP contribution in [0.4, 0.5) is 0 Å². The molecule has 0 aromatic carbocycles. The van der Waals surface area contributed by atoms with Crippen molar-refractivity contribution in [1.82, 2.24) is 5.32 Å². The second-order valence-electron chi connectivity index (χ2n) is 4.10. The Bertz CT molecular complexity index is 320. The molecule has 1 heterocycles. The number of hydrogen-bond acceptors (Lipinski definition) is 5. The van der Waals surface area contributed by atoms with Crippen molar-refractivity contribution in [2.24, 2.45) is 0 Å². The summed E-state index contributed by atoms with van der Waals surface area (Å²) >= 11 is 0. The largest absolute Gasteiger partial charge is 0.468 e. The highest BCUT2D eigenvalue weighted by Crippen LogP contribution is 2.11. The summed E-state index contributed by atoms with van der Waals surface area (Å²) in [7, 11) is -2.11. The molecular formula is C10H19NO4S. The van der Waals surface area contributed by atoms with Gasteiger partial charge >= 0.3 is 5.97 Å². The second-order valence-corrected chi connectivity index (χ2v) is 6.29. The van der Waals surface area contributed by atoms with E-state index < -0.39 is 21.6 Å². The molecule has 94 valence electrons. The number of piperidine rings is 1. The van der Waals surface area contributed by atoms with Gasteiger partial charge in [0.15, 0.2) is 9.84 Å². The molecule has 0 aliphatic carbocycles. The van der Waals surface area contributed by atoms with Gasteiger partial charge in [0.2, 0.25) is 0 Å². The average Bonchev–Trinajstić information content (AvgIpc) is 2.27. The van der Waals surface area contributed by atoms with E-state index in [0.717, 1.165) is 25.8 Å². The van der Waals surface area contributed by atoms with E-state index >= 15 is 0 Å². The molecule has 0 aromatic heterocycles. The first-order valence-corrected chi connectivity index (χ1v) is 7.36. The molecule has 6 heteroatoms. The summed E-state index contributed by atoms with van der Waals surface area (Å²) in [4.78, 5) is 10.9. The van der Waals surface area contributed by atoms with Crippen molar-refractivity contribution < 1.29 is 17.9 Å². The van der Waals surface area contributed by atoms with Crippen LogP contribution in [0.5, 0.6) is 0 Å². The highest BCUT2D eigenvalue weighted by molar-refractivity contribution is 7.92. The van der Waals surface area contributed by atoms with Gasteiger partial charge < -0.3 is 10.1 Å². The minimum absolute atomic E-state index is 0.0553. The van der Waals surface area contributed by atoms with E-state index in [1.165, 1.54) is 7.11 Å². The fraction of sp³-hybridized carbons (Fsp3) is 0.900. The van der Waals surface area contributed by atoms with Crippen LogP contribution in [-0.2, 0) is 19.4 Å². The Balaban J connectivity index is 2.32. The molecule has 5 nitrogen and oxygen atoms in total. The molecule has 0 unspecified atom stereocenters. The lowest BCUT2D eigenvalue weighted by atomic mass is 10.0. The van der Waals surface area contributed by atoms with Crippen molar-refractivity contribution >= 4 is 15.8 Å². The Morgan fingerprint density at radius 1 is 1.44 bits per heavy atom. The van der Waals surface area contributed by atoms with Crippen molar-refractivity contribution in [3.8, 4) is 0 Å². The standard InChI is InChI=1S/C10H19NO4S/c1-15-10(12)8-16(13,14)7-5-9-4-2-3-6-11-9/h9,11H,2-8H2,1H3/t9-/m1/s1. The summed E-state index contributed by atoms with van der Waals surface area (Å²) in [6.45, 7) is 0.960. The zero-order valence-corrected chi connectivity index (χ0v) is 10.4. The molecule has 1 rings (SSSR count). The third-order valence-corrected chi connectivity index (χ3v) is 4.29. The fourth-order valence-corrected chi connectivity index (χ4v) is 3.07. The van der Waals surface area contributed by atoms with Gasteiger partial charge in [-0.1, -0.05) is 6.42 Å². The van der Waals surface area contributed by atoms with Crippen molar-refractivity contribution in [2.75, 3.05) is 25.2 Å². The molecule has 0 bridgehead atoms. The zero-order chi connectivity index (χ0) is 12.0. The molecule has 1 fully saturated rings. The van der Waals surface area contributed by atoms with E-state index in [2.05, 4.69) is 10.1 Å². The number of sulfone groups is 1. The van der Waals surface area contributed by atoms with Crippen molar-refractivity contribution in [2.45, 2.75) is 31.7 Å². The number of carbonyl (C=O) groups excluding carboxylic acids is 1. The van der Waals surface area contributed by atoms with Gasteiger partial charge in [0.25, 0.3) is 0 Å². The molecule has 1 N–H and O–H groups in total. The number of ether oxygens (including phenoxy) is 1. The minimum Gasteiger partial charge on any atom is -0.468 e. The molecule has 1 aliphatic heterocycles. The Morgan fingerprint density at radius 3 is 2.75 bits per heavy atom. The number of nitrogens with one attached hydrogen (secondary N) is 1. The summed E-state index contributed by atoms with van der Waals surface area (Å²) < 4.78 is 27.4. The van der Waals surface area contributed by atoms with E-state index in [1.807, 2.05) is 0 Å². The van der Waals surface area contributed by atoms with Gasteiger partial charge in [-0.25, -0.2) is 8.42 Å². The number of rotatable bonds is 5. The smallest absolute Gasteiger partial charge is 0.320 e. The van der Waals surface area contributed by atoms with Gasteiger partial charge in [0.1, 0.15) is 5.75 Å². The van der Waals surface area contributed by atoms with Crippen LogP contribution in [0.1, 0.15) is 25.7 Å². The summed E-state index contributed by atoms with van der Waals surface area (Å²) in [5, 5.41) is 3.28. The first-order chi connectivity index (χ1) is 7.53. The monoisotopic (exact) mass is 249 g/mol. The predicted molar refractivity (Wildman–Crippen MR) is 60.9 cm³/mol. The van der Waals surface area contributed by atoms with Crippen LogP contribution >= 0.6 is 0 Å². The third-order valence-electron chi connectivity index (χ3n) is 2.76. The van der Waals surface area contributed by atoms with E-state index in [0.29, 0.717) is 6.42 Å².